The van der Waals surface area contributed by atoms with Crippen molar-refractivity contribution in [2.24, 2.45) is 0 Å². The van der Waals surface area contributed by atoms with E-state index in [-0.39, 0.29) is 10.9 Å². The van der Waals surface area contributed by atoms with Crippen LogP contribution < -0.4 is 10.6 Å². The molecule has 1 atom stereocenters. The van der Waals surface area contributed by atoms with Crippen LogP contribution in [0.4, 0.5) is 18.7 Å². The monoisotopic (exact) mass is 442 g/mol. The van der Waals surface area contributed by atoms with Gasteiger partial charge in [-0.1, -0.05) is 12.1 Å². The average Bonchev–Trinajstić information content (AvgIpc) is 3.28. The van der Waals surface area contributed by atoms with Crippen LogP contribution in [0.5, 0.6) is 0 Å². The van der Waals surface area contributed by atoms with E-state index in [0.717, 1.165) is 16.2 Å². The van der Waals surface area contributed by atoms with Crippen LogP contribution in [-0.4, -0.2) is 34.3 Å². The largest absolute Gasteiger partial charge is 0.325 e. The first-order valence-electron chi connectivity index (χ1n) is 9.18. The van der Waals surface area contributed by atoms with Crippen molar-refractivity contribution in [2.75, 3.05) is 11.9 Å². The van der Waals surface area contributed by atoms with Crippen LogP contribution in [0.2, 0.25) is 0 Å². The molecule has 31 heavy (non-hydrogen) atoms. The number of hydrogen-bond donors (Lipinski definition) is 2. The van der Waals surface area contributed by atoms with Gasteiger partial charge in [-0.15, -0.1) is 11.3 Å². The van der Waals surface area contributed by atoms with Gasteiger partial charge >= 0.3 is 6.03 Å². The number of carbonyl (C=O) groups excluding carboxylic acids is 3. The third-order valence-electron chi connectivity index (χ3n) is 4.89. The number of halogens is 2. The molecule has 2 N–H and O–H groups in total. The fourth-order valence-electron chi connectivity index (χ4n) is 3.21. The summed E-state index contributed by atoms with van der Waals surface area (Å²) in [6.07, 6.45) is 0. The van der Waals surface area contributed by atoms with Gasteiger partial charge in [0.05, 0.1) is 5.69 Å². The van der Waals surface area contributed by atoms with E-state index < -0.39 is 35.7 Å². The maximum absolute atomic E-state index is 13.2. The average molecular weight is 442 g/mol. The summed E-state index contributed by atoms with van der Waals surface area (Å²) >= 11 is 1.16. The maximum atomic E-state index is 13.2. The number of nitrogens with zero attached hydrogens (tertiary/aromatic N) is 2. The van der Waals surface area contributed by atoms with Gasteiger partial charge in [0.2, 0.25) is 5.91 Å². The quantitative estimate of drug-likeness (QED) is 0.592. The van der Waals surface area contributed by atoms with Crippen molar-refractivity contribution < 1.29 is 23.2 Å². The molecule has 10 heteroatoms. The molecule has 0 aliphatic carbocycles. The predicted molar refractivity (Wildman–Crippen MR) is 110 cm³/mol. The summed E-state index contributed by atoms with van der Waals surface area (Å²) < 4.78 is 26.3. The van der Waals surface area contributed by atoms with Gasteiger partial charge in [0.15, 0.2) is 5.13 Å². The van der Waals surface area contributed by atoms with Crippen LogP contribution >= 0.6 is 11.3 Å². The minimum atomic E-state index is -1.40. The van der Waals surface area contributed by atoms with Crippen LogP contribution in [0.1, 0.15) is 12.5 Å². The Morgan fingerprint density at radius 2 is 1.71 bits per heavy atom. The summed E-state index contributed by atoms with van der Waals surface area (Å²) in [5.41, 5.74) is 0.239. The number of benzene rings is 2. The predicted octanol–water partition coefficient (Wildman–Crippen LogP) is 3.49. The summed E-state index contributed by atoms with van der Waals surface area (Å²) in [5.74, 6) is -2.06. The van der Waals surface area contributed by atoms with E-state index in [1.807, 2.05) is 0 Å². The van der Waals surface area contributed by atoms with Crippen LogP contribution in [0.3, 0.4) is 0 Å². The highest BCUT2D eigenvalue weighted by atomic mass is 32.1. The molecule has 0 bridgehead atoms. The molecular weight excluding hydrogens is 426 g/mol. The zero-order chi connectivity index (χ0) is 22.2. The number of carbonyl (C=O) groups is 3. The van der Waals surface area contributed by atoms with Gasteiger partial charge in [-0.25, -0.2) is 18.6 Å². The lowest BCUT2D eigenvalue weighted by molar-refractivity contribution is -0.133. The Kier molecular flexibility index (Phi) is 5.24. The zero-order valence-electron chi connectivity index (χ0n) is 16.2. The molecule has 7 nitrogen and oxygen atoms in total. The van der Waals surface area contributed by atoms with Crippen molar-refractivity contribution in [2.45, 2.75) is 12.5 Å². The van der Waals surface area contributed by atoms with Crippen LogP contribution in [0.25, 0.3) is 11.3 Å². The lowest BCUT2D eigenvalue weighted by Gasteiger charge is -2.22. The van der Waals surface area contributed by atoms with E-state index in [2.05, 4.69) is 15.6 Å². The molecule has 4 amide bonds. The van der Waals surface area contributed by atoms with Crippen molar-refractivity contribution in [3.63, 3.8) is 0 Å². The number of amides is 4. The van der Waals surface area contributed by atoms with E-state index in [4.69, 9.17) is 0 Å². The summed E-state index contributed by atoms with van der Waals surface area (Å²) in [5, 5.41) is 7.09. The fraction of sp³-hybridized carbons (Fsp3) is 0.143. The van der Waals surface area contributed by atoms with Gasteiger partial charge in [-0.05, 0) is 48.9 Å². The van der Waals surface area contributed by atoms with Crippen LogP contribution in [0.15, 0.2) is 53.9 Å². The second-order valence-electron chi connectivity index (χ2n) is 7.05. The van der Waals surface area contributed by atoms with Crippen molar-refractivity contribution in [3.8, 4) is 11.3 Å². The zero-order valence-corrected chi connectivity index (χ0v) is 17.0. The molecule has 0 saturated carbocycles. The van der Waals surface area contributed by atoms with Crippen LogP contribution in [0, 0.1) is 11.6 Å². The summed E-state index contributed by atoms with van der Waals surface area (Å²) in [6.45, 7) is 0.987. The molecule has 1 aliphatic rings. The number of urea groups is 1. The minimum Gasteiger partial charge on any atom is -0.319 e. The number of imide groups is 1. The molecule has 3 aromatic rings. The second-order valence-corrected chi connectivity index (χ2v) is 7.90. The molecule has 158 valence electrons. The van der Waals surface area contributed by atoms with E-state index in [9.17, 15) is 23.2 Å². The molecular formula is C21H16F2N4O3S. The Morgan fingerprint density at radius 1 is 1.10 bits per heavy atom. The van der Waals surface area contributed by atoms with Gasteiger partial charge < -0.3 is 10.6 Å². The first-order chi connectivity index (χ1) is 14.8. The lowest BCUT2D eigenvalue weighted by atomic mass is 9.92. The minimum absolute atomic E-state index is 0.276. The molecule has 1 aliphatic heterocycles. The Morgan fingerprint density at radius 3 is 2.35 bits per heavy atom. The lowest BCUT2D eigenvalue weighted by Crippen LogP contribution is -2.42. The second kappa shape index (κ2) is 7.88. The first kappa shape index (κ1) is 20.6. The standard InChI is InChI=1S/C21H16F2N4O3S/c1-21(13-4-8-15(23)9-5-13)18(29)27(20(30)26-21)10-17(28)25-19-24-16(11-31-19)12-2-6-14(22)7-3-12/h2-9,11H,10H2,1H3,(H,26,30)(H,24,25,28). The van der Waals surface area contributed by atoms with E-state index in [1.54, 1.807) is 17.5 Å². The highest BCUT2D eigenvalue weighted by Gasteiger charge is 2.49. The van der Waals surface area contributed by atoms with Crippen molar-refractivity contribution in [3.05, 3.63) is 71.1 Å². The number of nitrogens with one attached hydrogen (secondary N) is 2. The summed E-state index contributed by atoms with van der Waals surface area (Å²) in [6, 6.07) is 10.2. The molecule has 1 fully saturated rings. The molecule has 1 unspecified atom stereocenters. The number of rotatable bonds is 5. The SMILES string of the molecule is CC1(c2ccc(F)cc2)NC(=O)N(CC(=O)Nc2nc(-c3ccc(F)cc3)cs2)C1=O. The number of thiazole rings is 1. The molecule has 2 heterocycles. The van der Waals surface area contributed by atoms with E-state index in [0.29, 0.717) is 16.8 Å². The molecule has 1 aromatic heterocycles. The Balaban J connectivity index is 1.44. The van der Waals surface area contributed by atoms with E-state index in [1.165, 1.54) is 43.3 Å². The highest BCUT2D eigenvalue weighted by Crippen LogP contribution is 2.29. The topological polar surface area (TPSA) is 91.4 Å². The van der Waals surface area contributed by atoms with Gasteiger partial charge in [0.1, 0.15) is 23.7 Å². The Hall–Kier alpha value is -3.66. The fourth-order valence-corrected chi connectivity index (χ4v) is 3.94. The van der Waals surface area contributed by atoms with Gasteiger partial charge in [0.25, 0.3) is 5.91 Å². The Bertz CT molecular complexity index is 1160. The van der Waals surface area contributed by atoms with Gasteiger partial charge in [-0.2, -0.15) is 0 Å². The molecule has 0 radical (unpaired) electrons. The third-order valence-corrected chi connectivity index (χ3v) is 5.65. The maximum Gasteiger partial charge on any atom is 0.325 e. The number of hydrogen-bond acceptors (Lipinski definition) is 5. The third kappa shape index (κ3) is 4.02. The molecule has 0 spiro atoms. The summed E-state index contributed by atoms with van der Waals surface area (Å²) in [4.78, 5) is 42.7. The molecule has 2 aromatic carbocycles. The normalized spacial score (nSPS) is 18.2. The number of aromatic nitrogens is 1. The number of anilines is 1. The van der Waals surface area contributed by atoms with Crippen molar-refractivity contribution in [1.82, 2.24) is 15.2 Å². The van der Waals surface area contributed by atoms with E-state index >= 15 is 0 Å². The Labute approximate surface area is 179 Å². The molecule has 4 rings (SSSR count). The van der Waals surface area contributed by atoms with Gasteiger partial charge in [0, 0.05) is 10.9 Å². The van der Waals surface area contributed by atoms with Gasteiger partial charge in [-0.3, -0.25) is 14.5 Å². The van der Waals surface area contributed by atoms with Crippen molar-refractivity contribution >= 4 is 34.3 Å². The summed E-state index contributed by atoms with van der Waals surface area (Å²) in [7, 11) is 0. The molecule has 1 saturated heterocycles. The first-order valence-corrected chi connectivity index (χ1v) is 10.1. The highest BCUT2D eigenvalue weighted by molar-refractivity contribution is 7.14. The van der Waals surface area contributed by atoms with Crippen molar-refractivity contribution in [1.29, 1.82) is 0 Å². The smallest absolute Gasteiger partial charge is 0.319 e. The van der Waals surface area contributed by atoms with Crippen LogP contribution in [-0.2, 0) is 15.1 Å².